The first-order chi connectivity index (χ1) is 11.6. The molecule has 2 aromatic rings. The predicted octanol–water partition coefficient (Wildman–Crippen LogP) is 1.36. The molecule has 1 aliphatic rings. The number of nitrogens with zero attached hydrogens (tertiary/aromatic N) is 3. The van der Waals surface area contributed by atoms with Crippen molar-refractivity contribution >= 4 is 16.7 Å². The van der Waals surface area contributed by atoms with Crippen LogP contribution in [0.5, 0.6) is 0 Å². The third-order valence-corrected chi connectivity index (χ3v) is 4.59. The van der Waals surface area contributed by atoms with E-state index >= 15 is 0 Å². The van der Waals surface area contributed by atoms with Crippen LogP contribution >= 0.6 is 0 Å². The van der Waals surface area contributed by atoms with Gasteiger partial charge in [0.05, 0.1) is 24.1 Å². The fraction of sp³-hybridized carbons (Fsp3) is 0.500. The van der Waals surface area contributed by atoms with Crippen molar-refractivity contribution < 1.29 is 9.53 Å². The number of hydrogen-bond donors (Lipinski definition) is 0. The van der Waals surface area contributed by atoms with Crippen molar-refractivity contribution in [3.05, 3.63) is 40.3 Å². The first-order valence-electron chi connectivity index (χ1n) is 8.40. The molecule has 6 nitrogen and oxygen atoms in total. The lowest BCUT2D eigenvalue weighted by Gasteiger charge is -2.24. The fourth-order valence-electron chi connectivity index (χ4n) is 3.21. The maximum Gasteiger partial charge on any atom is 0.274 e. The van der Waals surface area contributed by atoms with Gasteiger partial charge in [-0.2, -0.15) is 5.10 Å². The molecule has 3 rings (SSSR count). The number of ether oxygens (including phenoxy) is 1. The molecule has 1 aromatic heterocycles. The largest absolute Gasteiger partial charge is 0.381 e. The summed E-state index contributed by atoms with van der Waals surface area (Å²) in [5, 5.41) is 5.68. The highest BCUT2D eigenvalue weighted by Crippen LogP contribution is 2.17. The lowest BCUT2D eigenvalue weighted by atomic mass is 10.1. The highest BCUT2D eigenvalue weighted by molar-refractivity contribution is 5.88. The van der Waals surface area contributed by atoms with Crippen LogP contribution in [0.15, 0.2) is 29.1 Å². The standard InChI is InChI=1S/C18H23N3O3/c1-3-21(11-13-8-9-24-12-13)17(22)10-16-14-6-4-5-7-15(14)18(23)20(2)19-16/h4-7,13H,3,8-12H2,1-2H3/t13-/m0/s1. The number of fused-ring (bicyclic) bond motifs is 1. The summed E-state index contributed by atoms with van der Waals surface area (Å²) < 4.78 is 6.71. The number of carbonyl (C=O) groups is 1. The SMILES string of the molecule is CCN(C[C@@H]1CCOC1)C(=O)Cc1nn(C)c(=O)c2ccccc12. The minimum Gasteiger partial charge on any atom is -0.381 e. The number of carbonyl (C=O) groups excluding carboxylic acids is 1. The van der Waals surface area contributed by atoms with Crippen molar-refractivity contribution in [3.8, 4) is 0 Å². The molecule has 1 saturated heterocycles. The fourth-order valence-corrected chi connectivity index (χ4v) is 3.21. The van der Waals surface area contributed by atoms with Crippen LogP contribution in [0.2, 0.25) is 0 Å². The van der Waals surface area contributed by atoms with Gasteiger partial charge in [-0.05, 0) is 19.4 Å². The molecule has 0 N–H and O–H groups in total. The highest BCUT2D eigenvalue weighted by Gasteiger charge is 2.22. The summed E-state index contributed by atoms with van der Waals surface area (Å²) >= 11 is 0. The van der Waals surface area contributed by atoms with Crippen molar-refractivity contribution in [1.82, 2.24) is 14.7 Å². The Morgan fingerprint density at radius 2 is 2.12 bits per heavy atom. The molecular formula is C18H23N3O3. The van der Waals surface area contributed by atoms with Gasteiger partial charge in [-0.25, -0.2) is 4.68 Å². The summed E-state index contributed by atoms with van der Waals surface area (Å²) in [5.74, 6) is 0.458. The third kappa shape index (κ3) is 3.33. The molecule has 0 saturated carbocycles. The van der Waals surface area contributed by atoms with Crippen molar-refractivity contribution in [2.24, 2.45) is 13.0 Å². The van der Waals surface area contributed by atoms with Crippen LogP contribution in [0.25, 0.3) is 10.8 Å². The Labute approximate surface area is 141 Å². The quantitative estimate of drug-likeness (QED) is 0.831. The topological polar surface area (TPSA) is 64.4 Å². The summed E-state index contributed by atoms with van der Waals surface area (Å²) in [7, 11) is 1.62. The molecule has 0 unspecified atom stereocenters. The van der Waals surface area contributed by atoms with Gasteiger partial charge in [0.15, 0.2) is 0 Å². The second-order valence-corrected chi connectivity index (χ2v) is 6.26. The van der Waals surface area contributed by atoms with Gasteiger partial charge in [-0.15, -0.1) is 0 Å². The highest BCUT2D eigenvalue weighted by atomic mass is 16.5. The van der Waals surface area contributed by atoms with Crippen molar-refractivity contribution in [1.29, 1.82) is 0 Å². The van der Waals surface area contributed by atoms with E-state index in [2.05, 4.69) is 5.10 Å². The van der Waals surface area contributed by atoms with Crippen LogP contribution in [0.3, 0.4) is 0 Å². The second-order valence-electron chi connectivity index (χ2n) is 6.26. The Morgan fingerprint density at radius 3 is 2.79 bits per heavy atom. The van der Waals surface area contributed by atoms with Crippen LogP contribution in [-0.2, 0) is 23.0 Å². The molecule has 6 heteroatoms. The van der Waals surface area contributed by atoms with Crippen LogP contribution in [0, 0.1) is 5.92 Å². The minimum atomic E-state index is -0.141. The normalized spacial score (nSPS) is 17.3. The molecule has 128 valence electrons. The number of rotatable bonds is 5. The summed E-state index contributed by atoms with van der Waals surface area (Å²) in [6.45, 7) is 4.88. The molecule has 0 radical (unpaired) electrons. The molecular weight excluding hydrogens is 306 g/mol. The van der Waals surface area contributed by atoms with E-state index in [0.29, 0.717) is 23.5 Å². The van der Waals surface area contributed by atoms with Crippen LogP contribution in [0.4, 0.5) is 0 Å². The van der Waals surface area contributed by atoms with Crippen LogP contribution in [0.1, 0.15) is 19.0 Å². The smallest absolute Gasteiger partial charge is 0.274 e. The molecule has 0 aliphatic carbocycles. The maximum absolute atomic E-state index is 12.7. The average molecular weight is 329 g/mol. The van der Waals surface area contributed by atoms with Crippen LogP contribution < -0.4 is 5.56 Å². The van der Waals surface area contributed by atoms with E-state index in [1.54, 1.807) is 13.1 Å². The molecule has 1 aromatic carbocycles. The molecule has 1 atom stereocenters. The number of aryl methyl sites for hydroxylation is 1. The van der Waals surface area contributed by atoms with E-state index in [-0.39, 0.29) is 17.9 Å². The van der Waals surface area contributed by atoms with E-state index in [4.69, 9.17) is 4.74 Å². The van der Waals surface area contributed by atoms with E-state index < -0.39 is 0 Å². The van der Waals surface area contributed by atoms with Gasteiger partial charge >= 0.3 is 0 Å². The van der Waals surface area contributed by atoms with Crippen LogP contribution in [-0.4, -0.2) is 46.9 Å². The predicted molar refractivity (Wildman–Crippen MR) is 91.9 cm³/mol. The third-order valence-electron chi connectivity index (χ3n) is 4.59. The second kappa shape index (κ2) is 7.13. The zero-order chi connectivity index (χ0) is 17.1. The summed E-state index contributed by atoms with van der Waals surface area (Å²) in [6, 6.07) is 7.33. The van der Waals surface area contributed by atoms with Crippen molar-refractivity contribution in [2.45, 2.75) is 19.8 Å². The number of amides is 1. The number of aromatic nitrogens is 2. The Hall–Kier alpha value is -2.21. The first kappa shape index (κ1) is 16.6. The summed E-state index contributed by atoms with van der Waals surface area (Å²) in [4.78, 5) is 26.8. The lowest BCUT2D eigenvalue weighted by molar-refractivity contribution is -0.131. The molecule has 0 spiro atoms. The van der Waals surface area contributed by atoms with E-state index in [1.165, 1.54) is 4.68 Å². The molecule has 1 amide bonds. The van der Waals surface area contributed by atoms with Crippen molar-refractivity contribution in [3.63, 3.8) is 0 Å². The van der Waals surface area contributed by atoms with E-state index in [1.807, 2.05) is 30.0 Å². The van der Waals surface area contributed by atoms with E-state index in [0.717, 1.165) is 31.6 Å². The maximum atomic E-state index is 12.7. The zero-order valence-corrected chi connectivity index (χ0v) is 14.2. The number of benzene rings is 1. The van der Waals surface area contributed by atoms with Crippen molar-refractivity contribution in [2.75, 3.05) is 26.3 Å². The van der Waals surface area contributed by atoms with Gasteiger partial charge < -0.3 is 9.64 Å². The Morgan fingerprint density at radius 1 is 1.38 bits per heavy atom. The summed E-state index contributed by atoms with van der Waals surface area (Å²) in [5.41, 5.74) is 0.510. The number of hydrogen-bond acceptors (Lipinski definition) is 4. The minimum absolute atomic E-state index is 0.0423. The number of likely N-dealkylation sites (N-methyl/N-ethyl adjacent to an activating group) is 1. The van der Waals surface area contributed by atoms with Gasteiger partial charge in [-0.3, -0.25) is 9.59 Å². The van der Waals surface area contributed by atoms with Gasteiger partial charge in [0.2, 0.25) is 5.91 Å². The Bertz CT molecular complexity index is 794. The lowest BCUT2D eigenvalue weighted by Crippen LogP contribution is -2.37. The monoisotopic (exact) mass is 329 g/mol. The first-order valence-corrected chi connectivity index (χ1v) is 8.40. The Kier molecular flexibility index (Phi) is 4.94. The van der Waals surface area contributed by atoms with E-state index in [9.17, 15) is 9.59 Å². The van der Waals surface area contributed by atoms with Gasteiger partial charge in [0.1, 0.15) is 0 Å². The Balaban J connectivity index is 1.84. The summed E-state index contributed by atoms with van der Waals surface area (Å²) in [6.07, 6.45) is 1.21. The zero-order valence-electron chi connectivity index (χ0n) is 14.2. The molecule has 24 heavy (non-hydrogen) atoms. The molecule has 1 fully saturated rings. The van der Waals surface area contributed by atoms with Gasteiger partial charge in [0, 0.05) is 38.0 Å². The molecule has 1 aliphatic heterocycles. The molecule has 2 heterocycles. The van der Waals surface area contributed by atoms with Gasteiger partial charge in [-0.1, -0.05) is 18.2 Å². The van der Waals surface area contributed by atoms with Gasteiger partial charge in [0.25, 0.3) is 5.56 Å². The average Bonchev–Trinajstić information content (AvgIpc) is 3.10. The molecule has 0 bridgehead atoms.